The smallest absolute Gasteiger partial charge is 0.197 e. The number of fused-ring (bicyclic) bond motifs is 2. The molecule has 6 aromatic rings. The predicted octanol–water partition coefficient (Wildman–Crippen LogP) is 13.4. The van der Waals surface area contributed by atoms with Gasteiger partial charge >= 0.3 is 0 Å². The summed E-state index contributed by atoms with van der Waals surface area (Å²) < 4.78 is 0. The highest BCUT2D eigenvalue weighted by molar-refractivity contribution is 7.16. The van der Waals surface area contributed by atoms with Crippen LogP contribution in [0.5, 0.6) is 0 Å². The van der Waals surface area contributed by atoms with Gasteiger partial charge in [0.2, 0.25) is 0 Å². The topological polar surface area (TPSA) is 37.4 Å². The van der Waals surface area contributed by atoms with E-state index < -0.39 is 0 Å². The Morgan fingerprint density at radius 1 is 0.481 bits per heavy atom. The van der Waals surface area contributed by atoms with Crippen LogP contribution >= 0.6 is 11.3 Å². The van der Waals surface area contributed by atoms with Crippen molar-refractivity contribution in [3.63, 3.8) is 0 Å². The normalized spacial score (nSPS) is 14.4. The maximum atomic E-state index is 13.4. The summed E-state index contributed by atoms with van der Waals surface area (Å²) in [5, 5.41) is 2.30. The zero-order valence-electron chi connectivity index (χ0n) is 31.7. The van der Waals surface area contributed by atoms with E-state index in [1.165, 1.54) is 11.1 Å². The lowest BCUT2D eigenvalue weighted by Gasteiger charge is -2.28. The first-order valence-corrected chi connectivity index (χ1v) is 18.9. The third kappa shape index (κ3) is 6.80. The molecule has 0 N–H and O–H groups in total. The van der Waals surface area contributed by atoms with E-state index in [0.717, 1.165) is 48.7 Å². The van der Waals surface area contributed by atoms with Crippen molar-refractivity contribution in [1.29, 1.82) is 0 Å². The van der Waals surface area contributed by atoms with Crippen molar-refractivity contribution in [1.82, 2.24) is 0 Å². The Kier molecular flexibility index (Phi) is 8.74. The summed E-state index contributed by atoms with van der Waals surface area (Å²) in [6.07, 6.45) is 1.76. The van der Waals surface area contributed by atoms with Crippen LogP contribution in [0.15, 0.2) is 121 Å². The van der Waals surface area contributed by atoms with Gasteiger partial charge in [0.25, 0.3) is 0 Å². The Hall–Kier alpha value is -5.06. The zero-order valence-corrected chi connectivity index (χ0v) is 32.5. The van der Waals surface area contributed by atoms with Gasteiger partial charge in [-0.05, 0) is 122 Å². The molecule has 0 amide bonds. The minimum atomic E-state index is -0.193. The van der Waals surface area contributed by atoms with E-state index in [2.05, 4.69) is 158 Å². The van der Waals surface area contributed by atoms with Crippen LogP contribution < -0.4 is 4.90 Å². The molecule has 5 aromatic carbocycles. The fourth-order valence-corrected chi connectivity index (χ4v) is 7.79. The van der Waals surface area contributed by atoms with Gasteiger partial charge in [-0.2, -0.15) is 0 Å². The molecule has 262 valence electrons. The Labute approximate surface area is 312 Å². The van der Waals surface area contributed by atoms with Crippen LogP contribution in [0.3, 0.4) is 0 Å². The van der Waals surface area contributed by atoms with Crippen molar-refractivity contribution in [3.05, 3.63) is 154 Å². The highest BCUT2D eigenvalue weighted by Crippen LogP contribution is 2.40. The highest BCUT2D eigenvalue weighted by atomic mass is 32.1. The molecule has 4 heteroatoms. The first-order chi connectivity index (χ1) is 24.5. The molecule has 0 spiro atoms. The summed E-state index contributed by atoms with van der Waals surface area (Å²) in [5.74, 6) is -0.381. The summed E-state index contributed by atoms with van der Waals surface area (Å²) in [4.78, 5) is 31.0. The van der Waals surface area contributed by atoms with Gasteiger partial charge in [-0.3, -0.25) is 9.59 Å². The average Bonchev–Trinajstić information content (AvgIpc) is 3.66. The number of carbonyl (C=O) groups excluding carboxylic acids is 2. The molecule has 1 heterocycles. The van der Waals surface area contributed by atoms with Crippen LogP contribution in [0.4, 0.5) is 17.1 Å². The minimum Gasteiger partial charge on any atom is -0.310 e. The molecule has 0 unspecified atom stereocenters. The second-order valence-corrected chi connectivity index (χ2v) is 18.2. The van der Waals surface area contributed by atoms with Gasteiger partial charge in [0, 0.05) is 37.9 Å². The lowest BCUT2D eigenvalue weighted by atomic mass is 9.85. The number of rotatable bonds is 5. The predicted molar refractivity (Wildman–Crippen MR) is 221 cm³/mol. The molecule has 0 saturated heterocycles. The SMILES string of the molecule is CC(C)(C)c1ccc(N(c2ccc(C(C)(C)C)cc2)c2ccc3cc(-c4ccc(/C=C5/C(=O)c6ccc(C(C)(C)C)cc6C5=O)s4)ccc3c2)cc1. The first-order valence-electron chi connectivity index (χ1n) is 18.1. The van der Waals surface area contributed by atoms with E-state index in [-0.39, 0.29) is 33.4 Å². The van der Waals surface area contributed by atoms with E-state index >= 15 is 0 Å². The van der Waals surface area contributed by atoms with Gasteiger partial charge in [0.05, 0.1) is 5.57 Å². The Bertz CT molecular complexity index is 2310. The Balaban J connectivity index is 1.19. The summed E-state index contributed by atoms with van der Waals surface area (Å²) in [6.45, 7) is 19.8. The maximum Gasteiger partial charge on any atom is 0.197 e. The van der Waals surface area contributed by atoms with Crippen molar-refractivity contribution >= 4 is 56.8 Å². The molecule has 0 radical (unpaired) electrons. The first kappa shape index (κ1) is 35.3. The third-order valence-corrected chi connectivity index (χ3v) is 11.2. The molecule has 1 aromatic heterocycles. The number of hydrogen-bond donors (Lipinski definition) is 0. The van der Waals surface area contributed by atoms with Crippen molar-refractivity contribution in [3.8, 4) is 10.4 Å². The van der Waals surface area contributed by atoms with E-state index in [1.54, 1.807) is 17.4 Å². The van der Waals surface area contributed by atoms with Crippen molar-refractivity contribution < 1.29 is 9.59 Å². The minimum absolute atomic E-state index is 0.0757. The van der Waals surface area contributed by atoms with Gasteiger partial charge in [-0.1, -0.05) is 111 Å². The molecule has 7 rings (SSSR count). The van der Waals surface area contributed by atoms with Crippen LogP contribution in [0.1, 0.15) is 105 Å². The Morgan fingerprint density at radius 3 is 1.56 bits per heavy atom. The average molecular weight is 702 g/mol. The van der Waals surface area contributed by atoms with Gasteiger partial charge in [0.15, 0.2) is 11.6 Å². The van der Waals surface area contributed by atoms with Gasteiger partial charge in [-0.15, -0.1) is 11.3 Å². The van der Waals surface area contributed by atoms with Gasteiger partial charge in [0.1, 0.15) is 0 Å². The van der Waals surface area contributed by atoms with Crippen molar-refractivity contribution in [2.75, 3.05) is 4.90 Å². The molecule has 52 heavy (non-hydrogen) atoms. The van der Waals surface area contributed by atoms with Crippen LogP contribution in [0.2, 0.25) is 0 Å². The molecule has 0 bridgehead atoms. The molecule has 0 saturated carbocycles. The lowest BCUT2D eigenvalue weighted by molar-refractivity contribution is 0.0990. The number of hydrogen-bond acceptors (Lipinski definition) is 4. The second-order valence-electron chi connectivity index (χ2n) is 17.1. The number of benzene rings is 5. The second kappa shape index (κ2) is 12.9. The van der Waals surface area contributed by atoms with Crippen molar-refractivity contribution in [2.24, 2.45) is 0 Å². The lowest BCUT2D eigenvalue weighted by Crippen LogP contribution is -2.14. The molecule has 0 fully saturated rings. The zero-order chi connectivity index (χ0) is 37.2. The Morgan fingerprint density at radius 2 is 0.981 bits per heavy atom. The van der Waals surface area contributed by atoms with E-state index in [9.17, 15) is 9.59 Å². The number of allylic oxidation sites excluding steroid dienone is 1. The van der Waals surface area contributed by atoms with E-state index in [4.69, 9.17) is 0 Å². The molecule has 1 aliphatic rings. The summed E-state index contributed by atoms with van der Waals surface area (Å²) in [6, 6.07) is 40.8. The van der Waals surface area contributed by atoms with Gasteiger partial charge in [-0.25, -0.2) is 0 Å². The molecule has 3 nitrogen and oxygen atoms in total. The molecule has 0 atom stereocenters. The fraction of sp³-hybridized carbons (Fsp3) is 0.250. The quantitative estimate of drug-likeness (QED) is 0.133. The van der Waals surface area contributed by atoms with Crippen LogP contribution in [-0.4, -0.2) is 11.6 Å². The fourth-order valence-electron chi connectivity index (χ4n) is 6.84. The van der Waals surface area contributed by atoms with Gasteiger partial charge < -0.3 is 4.90 Å². The molecule has 1 aliphatic carbocycles. The largest absolute Gasteiger partial charge is 0.310 e. The summed E-state index contributed by atoms with van der Waals surface area (Å²) in [5.41, 5.74) is 9.38. The number of ketones is 2. The number of Topliss-reactive ketones (excluding diaryl/α,β-unsaturated/α-hetero) is 2. The standard InChI is InChI=1S/C48H47NO2S/c1-46(2,3)33-13-19-36(20-14-33)49(37-21-15-34(16-22-37)47(4,5)6)38-18-12-30-26-32(11-10-31(30)27-38)43-25-23-39(52-43)29-42-44(50)40-24-17-35(48(7,8)9)28-41(40)45(42)51/h10-29H,1-9H3/b42-29-. The maximum absolute atomic E-state index is 13.4. The highest BCUT2D eigenvalue weighted by Gasteiger charge is 2.34. The van der Waals surface area contributed by atoms with E-state index in [1.807, 2.05) is 24.3 Å². The molecular formula is C48H47NO2S. The molecule has 0 aliphatic heterocycles. The monoisotopic (exact) mass is 701 g/mol. The van der Waals surface area contributed by atoms with Crippen LogP contribution in [0, 0.1) is 0 Å². The van der Waals surface area contributed by atoms with E-state index in [0.29, 0.717) is 11.1 Å². The number of carbonyl (C=O) groups is 2. The van der Waals surface area contributed by atoms with Crippen LogP contribution in [-0.2, 0) is 16.2 Å². The third-order valence-electron chi connectivity index (χ3n) is 10.1. The number of anilines is 3. The molecular weight excluding hydrogens is 655 g/mol. The van der Waals surface area contributed by atoms with Crippen LogP contribution in [0.25, 0.3) is 27.3 Å². The van der Waals surface area contributed by atoms with Crippen molar-refractivity contribution in [2.45, 2.75) is 78.6 Å². The summed E-state index contributed by atoms with van der Waals surface area (Å²) in [7, 11) is 0. The summed E-state index contributed by atoms with van der Waals surface area (Å²) >= 11 is 1.59. The number of thiophene rings is 1. The number of nitrogens with zero attached hydrogens (tertiary/aromatic N) is 1.